The van der Waals surface area contributed by atoms with Crippen molar-refractivity contribution in [3.05, 3.63) is 47.0 Å². The summed E-state index contributed by atoms with van der Waals surface area (Å²) in [6.07, 6.45) is 2.69. The smallest absolute Gasteiger partial charge is 0.315 e. The van der Waals surface area contributed by atoms with Gasteiger partial charge in [-0.05, 0) is 31.9 Å². The van der Waals surface area contributed by atoms with Gasteiger partial charge < -0.3 is 10.6 Å². The lowest BCUT2D eigenvalue weighted by atomic mass is 10.0. The molecule has 0 spiro atoms. The number of urea groups is 1. The van der Waals surface area contributed by atoms with Gasteiger partial charge in [0.1, 0.15) is 5.82 Å². The second-order valence-electron chi connectivity index (χ2n) is 6.03. The number of nitrogens with one attached hydrogen (secondary N) is 2. The number of thioether (sulfide) groups is 1. The maximum absolute atomic E-state index is 13.9. The number of aryl methyl sites for hydroxylation is 2. The average molecular weight is 348 g/mol. The summed E-state index contributed by atoms with van der Waals surface area (Å²) in [5, 5.41) is 10.2. The van der Waals surface area contributed by atoms with Crippen molar-refractivity contribution < 1.29 is 9.18 Å². The lowest BCUT2D eigenvalue weighted by Crippen LogP contribution is -2.40. The first-order valence-electron chi connectivity index (χ1n) is 7.94. The predicted molar refractivity (Wildman–Crippen MR) is 92.5 cm³/mol. The molecule has 5 nitrogen and oxygen atoms in total. The molecule has 1 aromatic heterocycles. The van der Waals surface area contributed by atoms with Gasteiger partial charge in [-0.1, -0.05) is 12.1 Å². The molecular weight excluding hydrogens is 327 g/mol. The zero-order valence-electron chi connectivity index (χ0n) is 14.0. The molecule has 2 atom stereocenters. The summed E-state index contributed by atoms with van der Waals surface area (Å²) in [5.74, 6) is 0.569. The van der Waals surface area contributed by atoms with Crippen molar-refractivity contribution in [3.8, 4) is 0 Å². The van der Waals surface area contributed by atoms with Crippen molar-refractivity contribution >= 4 is 17.8 Å². The lowest BCUT2D eigenvalue weighted by Gasteiger charge is -2.27. The molecule has 0 saturated carbocycles. The SMILES string of the molecule is Cc1nn(C)cc1[C@@H](C)NC(=O)N[C@H]1CCSc2c(F)cccc21. The number of carbonyl (C=O) groups excluding carboxylic acids is 1. The van der Waals surface area contributed by atoms with Crippen LogP contribution in [-0.2, 0) is 7.05 Å². The zero-order chi connectivity index (χ0) is 17.3. The van der Waals surface area contributed by atoms with Crippen LogP contribution in [0, 0.1) is 12.7 Å². The Balaban J connectivity index is 1.68. The van der Waals surface area contributed by atoms with Crippen LogP contribution in [0.25, 0.3) is 0 Å². The third-order valence-electron chi connectivity index (χ3n) is 4.20. The van der Waals surface area contributed by atoms with E-state index in [0.717, 1.165) is 29.0 Å². The minimum atomic E-state index is -0.252. The van der Waals surface area contributed by atoms with Gasteiger partial charge >= 0.3 is 6.03 Å². The molecule has 3 rings (SSSR count). The summed E-state index contributed by atoms with van der Waals surface area (Å²) in [5.41, 5.74) is 2.73. The van der Waals surface area contributed by atoms with E-state index < -0.39 is 0 Å². The van der Waals surface area contributed by atoms with Crippen molar-refractivity contribution in [2.75, 3.05) is 5.75 Å². The van der Waals surface area contributed by atoms with Gasteiger partial charge in [0.2, 0.25) is 0 Å². The second-order valence-corrected chi connectivity index (χ2v) is 7.14. The monoisotopic (exact) mass is 348 g/mol. The molecule has 2 aromatic rings. The molecule has 1 aromatic carbocycles. The Morgan fingerprint density at radius 1 is 1.50 bits per heavy atom. The highest BCUT2D eigenvalue weighted by Crippen LogP contribution is 2.37. The molecule has 7 heteroatoms. The van der Waals surface area contributed by atoms with Gasteiger partial charge in [0.25, 0.3) is 0 Å². The number of hydrogen-bond donors (Lipinski definition) is 2. The van der Waals surface area contributed by atoms with Gasteiger partial charge in [-0.25, -0.2) is 9.18 Å². The van der Waals surface area contributed by atoms with Crippen LogP contribution in [0.4, 0.5) is 9.18 Å². The van der Waals surface area contributed by atoms with E-state index in [4.69, 9.17) is 0 Å². The molecule has 0 aliphatic carbocycles. The van der Waals surface area contributed by atoms with Gasteiger partial charge in [0.15, 0.2) is 0 Å². The van der Waals surface area contributed by atoms with Crippen LogP contribution in [0.5, 0.6) is 0 Å². The number of aromatic nitrogens is 2. The maximum Gasteiger partial charge on any atom is 0.315 e. The fourth-order valence-electron chi connectivity index (χ4n) is 3.05. The van der Waals surface area contributed by atoms with Crippen LogP contribution >= 0.6 is 11.8 Å². The van der Waals surface area contributed by atoms with Crippen molar-refractivity contribution in [2.24, 2.45) is 7.05 Å². The van der Waals surface area contributed by atoms with Crippen LogP contribution in [0.2, 0.25) is 0 Å². The van der Waals surface area contributed by atoms with Gasteiger partial charge in [-0.3, -0.25) is 4.68 Å². The fraction of sp³-hybridized carbons (Fsp3) is 0.412. The Labute approximate surface area is 145 Å². The van der Waals surface area contributed by atoms with E-state index in [2.05, 4.69) is 15.7 Å². The van der Waals surface area contributed by atoms with Gasteiger partial charge in [-0.15, -0.1) is 11.8 Å². The number of amides is 2. The molecule has 0 saturated heterocycles. The van der Waals surface area contributed by atoms with Crippen LogP contribution in [0.3, 0.4) is 0 Å². The number of rotatable bonds is 3. The summed E-state index contributed by atoms with van der Waals surface area (Å²) in [6.45, 7) is 3.84. The molecular formula is C17H21FN4OS. The molecule has 0 unspecified atom stereocenters. The lowest BCUT2D eigenvalue weighted by molar-refractivity contribution is 0.233. The van der Waals surface area contributed by atoms with E-state index in [0.29, 0.717) is 4.90 Å². The van der Waals surface area contributed by atoms with Gasteiger partial charge in [0, 0.05) is 29.5 Å². The summed E-state index contributed by atoms with van der Waals surface area (Å²) in [4.78, 5) is 13.0. The number of hydrogen-bond acceptors (Lipinski definition) is 3. The van der Waals surface area contributed by atoms with Crippen molar-refractivity contribution in [3.63, 3.8) is 0 Å². The third-order valence-corrected chi connectivity index (χ3v) is 5.36. The molecule has 0 fully saturated rings. The number of fused-ring (bicyclic) bond motifs is 1. The summed E-state index contributed by atoms with van der Waals surface area (Å²) < 4.78 is 15.6. The summed E-state index contributed by atoms with van der Waals surface area (Å²) in [6, 6.07) is 4.46. The zero-order valence-corrected chi connectivity index (χ0v) is 14.8. The minimum Gasteiger partial charge on any atom is -0.332 e. The van der Waals surface area contributed by atoms with E-state index in [9.17, 15) is 9.18 Å². The minimum absolute atomic E-state index is 0.149. The molecule has 2 N–H and O–H groups in total. The van der Waals surface area contributed by atoms with E-state index in [1.165, 1.54) is 17.8 Å². The molecule has 1 aliphatic heterocycles. The van der Waals surface area contributed by atoms with E-state index in [1.807, 2.05) is 33.2 Å². The van der Waals surface area contributed by atoms with Gasteiger partial charge in [0.05, 0.1) is 17.8 Å². The Bertz CT molecular complexity index is 761. The van der Waals surface area contributed by atoms with E-state index >= 15 is 0 Å². The van der Waals surface area contributed by atoms with Gasteiger partial charge in [-0.2, -0.15) is 5.10 Å². The number of nitrogens with zero attached hydrogens (tertiary/aromatic N) is 2. The maximum atomic E-state index is 13.9. The summed E-state index contributed by atoms with van der Waals surface area (Å²) >= 11 is 1.50. The Hall–Kier alpha value is -2.02. The third kappa shape index (κ3) is 3.40. The molecule has 128 valence electrons. The molecule has 0 radical (unpaired) electrons. The first kappa shape index (κ1) is 16.8. The number of benzene rings is 1. The average Bonchev–Trinajstić information content (AvgIpc) is 2.87. The largest absolute Gasteiger partial charge is 0.332 e. The van der Waals surface area contributed by atoms with Crippen LogP contribution in [-0.4, -0.2) is 21.6 Å². The van der Waals surface area contributed by atoms with E-state index in [-0.39, 0.29) is 23.9 Å². The quantitative estimate of drug-likeness (QED) is 0.893. The Morgan fingerprint density at radius 2 is 2.29 bits per heavy atom. The highest BCUT2D eigenvalue weighted by Gasteiger charge is 2.25. The van der Waals surface area contributed by atoms with Crippen LogP contribution in [0.15, 0.2) is 29.3 Å². The Morgan fingerprint density at radius 3 is 3.00 bits per heavy atom. The highest BCUT2D eigenvalue weighted by atomic mass is 32.2. The second kappa shape index (κ2) is 6.84. The van der Waals surface area contributed by atoms with E-state index in [1.54, 1.807) is 10.7 Å². The predicted octanol–water partition coefficient (Wildman–Crippen LogP) is 3.46. The van der Waals surface area contributed by atoms with Crippen molar-refractivity contribution in [1.82, 2.24) is 20.4 Å². The number of halogens is 1. The molecule has 2 heterocycles. The molecule has 2 amide bonds. The Kier molecular flexibility index (Phi) is 4.80. The summed E-state index contributed by atoms with van der Waals surface area (Å²) in [7, 11) is 1.86. The van der Waals surface area contributed by atoms with Crippen molar-refractivity contribution in [2.45, 2.75) is 37.2 Å². The standard InChI is InChI=1S/C17H21FN4OS/c1-10(13-9-22(3)21-11(13)2)19-17(23)20-15-7-8-24-16-12(15)5-4-6-14(16)18/h4-6,9-10,15H,7-8H2,1-3H3,(H2,19,20,23)/t10-,15+/m1/s1. The first-order valence-corrected chi connectivity index (χ1v) is 8.92. The normalized spacial score (nSPS) is 17.9. The first-order chi connectivity index (χ1) is 11.5. The highest BCUT2D eigenvalue weighted by molar-refractivity contribution is 7.99. The van der Waals surface area contributed by atoms with Crippen LogP contribution in [0.1, 0.15) is 42.2 Å². The van der Waals surface area contributed by atoms with Crippen LogP contribution < -0.4 is 10.6 Å². The topological polar surface area (TPSA) is 59.0 Å². The fourth-order valence-corrected chi connectivity index (χ4v) is 4.19. The van der Waals surface area contributed by atoms with Crippen molar-refractivity contribution in [1.29, 1.82) is 0 Å². The molecule has 24 heavy (non-hydrogen) atoms. The number of carbonyl (C=O) groups is 1. The molecule has 0 bridgehead atoms. The molecule has 1 aliphatic rings.